The predicted molar refractivity (Wildman–Crippen MR) is 91.6 cm³/mol. The summed E-state index contributed by atoms with van der Waals surface area (Å²) in [5.74, 6) is -0.352. The van der Waals surface area contributed by atoms with E-state index in [4.69, 9.17) is 16.4 Å². The first-order chi connectivity index (χ1) is 11.2. The van der Waals surface area contributed by atoms with Crippen LogP contribution in [0.1, 0.15) is 29.4 Å². The molecule has 0 aliphatic heterocycles. The lowest BCUT2D eigenvalue weighted by atomic mass is 10.1. The molecule has 0 bridgehead atoms. The highest BCUT2D eigenvalue weighted by atomic mass is 35.5. The summed E-state index contributed by atoms with van der Waals surface area (Å²) >= 11 is 5.97. The summed E-state index contributed by atoms with van der Waals surface area (Å²) in [6, 6.07) is 11.4. The van der Waals surface area contributed by atoms with Crippen LogP contribution in [-0.2, 0) is 11.3 Å². The van der Waals surface area contributed by atoms with Gasteiger partial charge in [0.25, 0.3) is 5.91 Å². The number of carbonyl (C=O) groups is 1. The number of rotatable bonds is 8. The molecule has 0 fully saturated rings. The number of hydrogen-bond donors (Lipinski definition) is 2. The van der Waals surface area contributed by atoms with Crippen molar-refractivity contribution in [2.24, 2.45) is 0 Å². The summed E-state index contributed by atoms with van der Waals surface area (Å²) in [4.78, 5) is 20.7. The van der Waals surface area contributed by atoms with Crippen LogP contribution in [0.15, 0.2) is 42.6 Å². The Morgan fingerprint density at radius 3 is 2.96 bits per heavy atom. The Bertz CT molecular complexity index is 649. The number of nitrogens with zero attached hydrogens (tertiary/aromatic N) is 1. The third kappa shape index (κ3) is 5.88. The molecule has 0 atom stereocenters. The van der Waals surface area contributed by atoms with E-state index in [1.807, 2.05) is 24.3 Å². The van der Waals surface area contributed by atoms with Crippen LogP contribution in [0.3, 0.4) is 0 Å². The van der Waals surface area contributed by atoms with E-state index in [0.717, 1.165) is 30.1 Å². The zero-order valence-corrected chi connectivity index (χ0v) is 13.8. The van der Waals surface area contributed by atoms with Crippen LogP contribution >= 0.6 is 11.6 Å². The fourth-order valence-corrected chi connectivity index (χ4v) is 2.29. The van der Waals surface area contributed by atoms with E-state index in [9.17, 15) is 4.79 Å². The maximum absolute atomic E-state index is 11.8. The Balaban J connectivity index is 1.80. The average molecular weight is 334 g/mol. The van der Waals surface area contributed by atoms with Crippen molar-refractivity contribution in [1.82, 2.24) is 10.5 Å². The molecule has 1 amide bonds. The molecule has 5 nitrogen and oxygen atoms in total. The minimum absolute atomic E-state index is 0.318. The molecule has 0 radical (unpaired) electrons. The largest absolute Gasteiger partial charge is 0.385 e. The van der Waals surface area contributed by atoms with Gasteiger partial charge in [-0.1, -0.05) is 23.7 Å². The Morgan fingerprint density at radius 2 is 2.17 bits per heavy atom. The molecule has 0 saturated carbocycles. The lowest BCUT2D eigenvalue weighted by Gasteiger charge is -2.08. The molecule has 0 aliphatic carbocycles. The Morgan fingerprint density at radius 1 is 1.30 bits per heavy atom. The number of aromatic nitrogens is 1. The topological polar surface area (TPSA) is 63.2 Å². The molecule has 23 heavy (non-hydrogen) atoms. The normalized spacial score (nSPS) is 10.3. The van der Waals surface area contributed by atoms with Crippen LogP contribution in [-0.4, -0.2) is 24.0 Å². The minimum Gasteiger partial charge on any atom is -0.385 e. The van der Waals surface area contributed by atoms with E-state index in [2.05, 4.69) is 21.8 Å². The van der Waals surface area contributed by atoms with Crippen molar-refractivity contribution >= 4 is 23.2 Å². The molecule has 0 saturated heterocycles. The monoisotopic (exact) mass is 333 g/mol. The first-order valence-corrected chi connectivity index (χ1v) is 7.93. The summed E-state index contributed by atoms with van der Waals surface area (Å²) in [6.45, 7) is 3.00. The van der Waals surface area contributed by atoms with E-state index in [0.29, 0.717) is 12.3 Å². The number of pyridine rings is 1. The van der Waals surface area contributed by atoms with Crippen LogP contribution in [0.25, 0.3) is 0 Å². The van der Waals surface area contributed by atoms with Crippen molar-refractivity contribution in [2.45, 2.75) is 19.8 Å². The second-order valence-corrected chi connectivity index (χ2v) is 5.39. The minimum atomic E-state index is -0.352. The molecule has 1 aromatic heterocycles. The van der Waals surface area contributed by atoms with Gasteiger partial charge in [-0.2, -0.15) is 0 Å². The number of anilines is 1. The molecule has 2 N–H and O–H groups in total. The number of hydrogen-bond acceptors (Lipinski definition) is 4. The van der Waals surface area contributed by atoms with Gasteiger partial charge in [0.2, 0.25) is 0 Å². The lowest BCUT2D eigenvalue weighted by molar-refractivity contribution is 0.0360. The fourth-order valence-electron chi connectivity index (χ4n) is 2.07. The number of nitrogens with one attached hydrogen (secondary N) is 2. The molecule has 2 aromatic rings. The highest BCUT2D eigenvalue weighted by molar-refractivity contribution is 6.30. The zero-order valence-electron chi connectivity index (χ0n) is 13.0. The number of halogens is 1. The van der Waals surface area contributed by atoms with Gasteiger partial charge in [-0.15, -0.1) is 0 Å². The SMILES string of the molecule is CCONC(=O)c1cc(NCCCc2cccc(Cl)c2)ccn1. The number of hydroxylamine groups is 1. The zero-order chi connectivity index (χ0) is 16.5. The summed E-state index contributed by atoms with van der Waals surface area (Å²) in [6.07, 6.45) is 3.50. The highest BCUT2D eigenvalue weighted by Gasteiger charge is 2.07. The van der Waals surface area contributed by atoms with Crippen molar-refractivity contribution in [3.63, 3.8) is 0 Å². The number of carbonyl (C=O) groups excluding carboxylic acids is 1. The summed E-state index contributed by atoms with van der Waals surface area (Å²) in [5.41, 5.74) is 4.71. The number of aryl methyl sites for hydroxylation is 1. The third-order valence-electron chi connectivity index (χ3n) is 3.16. The van der Waals surface area contributed by atoms with Crippen LogP contribution in [0.4, 0.5) is 5.69 Å². The van der Waals surface area contributed by atoms with Crippen molar-refractivity contribution in [3.8, 4) is 0 Å². The fraction of sp³-hybridized carbons (Fsp3) is 0.294. The second kappa shape index (κ2) is 9.12. The first kappa shape index (κ1) is 17.2. The second-order valence-electron chi connectivity index (χ2n) is 4.95. The number of benzene rings is 1. The Labute approximate surface area is 141 Å². The molecule has 0 unspecified atom stereocenters. The van der Waals surface area contributed by atoms with Crippen molar-refractivity contribution in [1.29, 1.82) is 0 Å². The molecular weight excluding hydrogens is 314 g/mol. The van der Waals surface area contributed by atoms with Crippen molar-refractivity contribution < 1.29 is 9.63 Å². The molecule has 122 valence electrons. The average Bonchev–Trinajstić information content (AvgIpc) is 2.57. The molecule has 6 heteroatoms. The van der Waals surface area contributed by atoms with E-state index in [1.165, 1.54) is 5.56 Å². The Hall–Kier alpha value is -2.11. The van der Waals surface area contributed by atoms with Crippen LogP contribution < -0.4 is 10.8 Å². The summed E-state index contributed by atoms with van der Waals surface area (Å²) in [7, 11) is 0. The maximum Gasteiger partial charge on any atom is 0.293 e. The van der Waals surface area contributed by atoms with E-state index >= 15 is 0 Å². The standard InChI is InChI=1S/C17H20ClN3O2/c1-2-23-21-17(22)16-12-15(8-10-20-16)19-9-4-6-13-5-3-7-14(18)11-13/h3,5,7-8,10-12H,2,4,6,9H2,1H3,(H,19,20)(H,21,22). The lowest BCUT2D eigenvalue weighted by Crippen LogP contribution is -2.24. The molecule has 1 aromatic carbocycles. The first-order valence-electron chi connectivity index (χ1n) is 7.55. The van der Waals surface area contributed by atoms with Crippen molar-refractivity contribution in [2.75, 3.05) is 18.5 Å². The molecule has 1 heterocycles. The van der Waals surface area contributed by atoms with Gasteiger partial charge in [0, 0.05) is 23.5 Å². The van der Waals surface area contributed by atoms with Gasteiger partial charge in [0.05, 0.1) is 6.61 Å². The molecule has 2 rings (SSSR count). The third-order valence-corrected chi connectivity index (χ3v) is 3.40. The van der Waals surface area contributed by atoms with Gasteiger partial charge < -0.3 is 5.32 Å². The maximum atomic E-state index is 11.8. The van der Waals surface area contributed by atoms with E-state index in [1.54, 1.807) is 19.2 Å². The van der Waals surface area contributed by atoms with E-state index in [-0.39, 0.29) is 5.91 Å². The summed E-state index contributed by atoms with van der Waals surface area (Å²) in [5, 5.41) is 4.05. The van der Waals surface area contributed by atoms with Gasteiger partial charge in [0.1, 0.15) is 5.69 Å². The molecule has 0 aliphatic rings. The number of amides is 1. The van der Waals surface area contributed by atoms with Gasteiger partial charge in [-0.3, -0.25) is 14.6 Å². The quantitative estimate of drug-likeness (QED) is 0.573. The highest BCUT2D eigenvalue weighted by Crippen LogP contribution is 2.13. The van der Waals surface area contributed by atoms with Gasteiger partial charge in [-0.05, 0) is 49.6 Å². The smallest absolute Gasteiger partial charge is 0.293 e. The Kier molecular flexibility index (Phi) is 6.84. The molecule has 0 spiro atoms. The summed E-state index contributed by atoms with van der Waals surface area (Å²) < 4.78 is 0. The van der Waals surface area contributed by atoms with Gasteiger partial charge >= 0.3 is 0 Å². The van der Waals surface area contributed by atoms with Crippen molar-refractivity contribution in [3.05, 3.63) is 58.9 Å². The molecular formula is C17H20ClN3O2. The van der Waals surface area contributed by atoms with Crippen LogP contribution in [0.5, 0.6) is 0 Å². The predicted octanol–water partition coefficient (Wildman–Crippen LogP) is 3.46. The van der Waals surface area contributed by atoms with Crippen LogP contribution in [0, 0.1) is 0 Å². The van der Waals surface area contributed by atoms with Crippen LogP contribution in [0.2, 0.25) is 5.02 Å². The van der Waals surface area contributed by atoms with E-state index < -0.39 is 0 Å². The van der Waals surface area contributed by atoms with Gasteiger partial charge in [0.15, 0.2) is 0 Å². The van der Waals surface area contributed by atoms with Gasteiger partial charge in [-0.25, -0.2) is 5.48 Å².